The molecule has 2 unspecified atom stereocenters. The fourth-order valence-corrected chi connectivity index (χ4v) is 5.77. The normalized spacial score (nSPS) is 12.7. The van der Waals surface area contributed by atoms with Gasteiger partial charge in [0.1, 0.15) is 6.10 Å². The molecule has 290 valence electrons. The third kappa shape index (κ3) is 23.2. The van der Waals surface area contributed by atoms with E-state index in [0.717, 1.165) is 50.7 Å². The van der Waals surface area contributed by atoms with Gasteiger partial charge in [-0.1, -0.05) is 117 Å². The molecule has 3 N–H and O–H groups in total. The molecule has 2 aromatic rings. The lowest BCUT2D eigenvalue weighted by molar-refractivity contribution is -0.166. The third-order valence-electron chi connectivity index (χ3n) is 9.22. The predicted molar refractivity (Wildman–Crippen MR) is 208 cm³/mol. The number of pyridine rings is 2. The highest BCUT2D eigenvalue weighted by atomic mass is 16.4. The van der Waals surface area contributed by atoms with E-state index in [0.29, 0.717) is 0 Å². The summed E-state index contributed by atoms with van der Waals surface area (Å²) in [4.78, 5) is 30.4. The van der Waals surface area contributed by atoms with Crippen molar-refractivity contribution in [3.05, 3.63) is 59.8 Å². The minimum Gasteiger partial charge on any atom is -0.479 e. The molecule has 0 bridgehead atoms. The molecule has 0 spiro atoms. The first-order valence-electron chi connectivity index (χ1n) is 20.1. The van der Waals surface area contributed by atoms with Crippen LogP contribution in [0.2, 0.25) is 0 Å². The van der Waals surface area contributed by atoms with Crippen molar-refractivity contribution in [2.45, 2.75) is 181 Å². The van der Waals surface area contributed by atoms with Gasteiger partial charge in [-0.15, -0.1) is 0 Å². The van der Waals surface area contributed by atoms with Gasteiger partial charge in [-0.3, -0.25) is 14.8 Å². The maximum absolute atomic E-state index is 10.7. The van der Waals surface area contributed by atoms with Crippen molar-refractivity contribution >= 4 is 11.8 Å². The van der Waals surface area contributed by atoms with E-state index >= 15 is 0 Å². The van der Waals surface area contributed by atoms with Gasteiger partial charge < -0.3 is 24.5 Å². The van der Waals surface area contributed by atoms with Crippen molar-refractivity contribution in [3.63, 3.8) is 0 Å². The number of nitrogens with zero attached hydrogens (tertiary/aromatic N) is 4. The molecule has 0 fully saturated rings. The van der Waals surface area contributed by atoms with Gasteiger partial charge in [-0.05, 0) is 63.8 Å². The van der Waals surface area contributed by atoms with E-state index in [1.165, 1.54) is 128 Å². The largest absolute Gasteiger partial charge is 0.479 e. The van der Waals surface area contributed by atoms with Gasteiger partial charge in [0.25, 0.3) is 0 Å². The van der Waals surface area contributed by atoms with Crippen LogP contribution in [0, 0.1) is 0 Å². The molecule has 9 nitrogen and oxygen atoms in total. The minimum atomic E-state index is -2.49. The van der Waals surface area contributed by atoms with Crippen molar-refractivity contribution in [1.29, 1.82) is 0 Å². The van der Waals surface area contributed by atoms with Crippen molar-refractivity contribution in [2.75, 3.05) is 13.1 Å². The van der Waals surface area contributed by atoms with E-state index in [1.807, 2.05) is 0 Å². The van der Waals surface area contributed by atoms with Crippen LogP contribution in [0.4, 0.5) is 0 Å². The highest BCUT2D eigenvalue weighted by molar-refractivity contribution is 6.07. The first-order valence-corrected chi connectivity index (χ1v) is 20.1. The Labute approximate surface area is 309 Å². The van der Waals surface area contributed by atoms with Crippen molar-refractivity contribution < 1.29 is 24.9 Å². The van der Waals surface area contributed by atoms with Gasteiger partial charge in [0.15, 0.2) is 0 Å². The third-order valence-corrected chi connectivity index (χ3v) is 9.22. The zero-order valence-corrected chi connectivity index (χ0v) is 32.6. The number of Topliss-reactive ketones (excluding diaryl/α,β-unsaturated/α-hetero) is 1. The van der Waals surface area contributed by atoms with Gasteiger partial charge in [-0.2, -0.15) is 0 Å². The predicted octanol–water partition coefficient (Wildman–Crippen LogP) is 8.40. The summed E-state index contributed by atoms with van der Waals surface area (Å²) < 4.78 is 4.63. The number of carboxylic acids is 1. The molecule has 2 atom stereocenters. The maximum Gasteiger partial charge on any atom is 0.343 e. The van der Waals surface area contributed by atoms with Gasteiger partial charge in [0, 0.05) is 51.0 Å². The topological polar surface area (TPSA) is 129 Å². The standard InChI is InChI=1S/C36H62N4.C6H10O5/c1-3-5-7-9-15-19-27-37-35-23-31-39(32-24-35)29-21-17-13-11-12-14-18-22-30-40-33-25-36(26-34-40)38-28-20-16-10-8-6-4-2;1-3(7)4(8)6(2,11)5(9)10/h23-26,31-34H,3-22,27-30H2,1-2H3;3,7,11H,1-2H3,(H,9,10). The molecule has 9 heteroatoms. The Bertz CT molecular complexity index is 1190. The number of hydrogen-bond donors (Lipinski definition) is 3. The molecule has 0 saturated heterocycles. The second-order valence-corrected chi connectivity index (χ2v) is 14.1. The van der Waals surface area contributed by atoms with E-state index in [-0.39, 0.29) is 0 Å². The molecule has 0 saturated carbocycles. The zero-order valence-electron chi connectivity index (χ0n) is 32.6. The second kappa shape index (κ2) is 29.5. The van der Waals surface area contributed by atoms with E-state index in [2.05, 4.69) is 72.0 Å². The van der Waals surface area contributed by atoms with Gasteiger partial charge >= 0.3 is 5.97 Å². The molecule has 0 aromatic carbocycles. The number of aromatic nitrogens is 2. The summed E-state index contributed by atoms with van der Waals surface area (Å²) in [7, 11) is 0. The number of hydrogen-bond acceptors (Lipinski definition) is 6. The molecule has 0 radical (unpaired) electrons. The number of unbranched alkanes of at least 4 members (excludes halogenated alkanes) is 17. The summed E-state index contributed by atoms with van der Waals surface area (Å²) in [6, 6.07) is 8.71. The Kier molecular flexibility index (Phi) is 26.6. The Morgan fingerprint density at radius 3 is 1.22 bits per heavy atom. The molecule has 0 aliphatic carbocycles. The number of aliphatic hydroxyl groups is 2. The van der Waals surface area contributed by atoms with Crippen molar-refractivity contribution in [3.8, 4) is 0 Å². The lowest BCUT2D eigenvalue weighted by atomic mass is 9.98. The van der Waals surface area contributed by atoms with Gasteiger partial charge in [-0.25, -0.2) is 4.79 Å². The van der Waals surface area contributed by atoms with Gasteiger partial charge in [0.05, 0.1) is 10.7 Å². The average Bonchev–Trinajstić information content (AvgIpc) is 3.12. The summed E-state index contributed by atoms with van der Waals surface area (Å²) in [5.74, 6) is -2.78. The smallest absolute Gasteiger partial charge is 0.343 e. The Morgan fingerprint density at radius 1 is 0.608 bits per heavy atom. The molecule has 2 heterocycles. The van der Waals surface area contributed by atoms with E-state index < -0.39 is 23.5 Å². The molecular formula is C42H72N4O5. The molecule has 51 heavy (non-hydrogen) atoms. The van der Waals surface area contributed by atoms with Crippen molar-refractivity contribution in [1.82, 2.24) is 9.13 Å². The second-order valence-electron chi connectivity index (χ2n) is 14.1. The number of aryl methyl sites for hydroxylation is 2. The highest BCUT2D eigenvalue weighted by Gasteiger charge is 2.40. The number of carbonyl (C=O) groups excluding carboxylic acids is 1. The van der Waals surface area contributed by atoms with Crippen LogP contribution in [-0.4, -0.2) is 61.0 Å². The molecule has 2 rings (SSSR count). The number of ketones is 1. The van der Waals surface area contributed by atoms with E-state index in [4.69, 9.17) is 25.3 Å². The SMILES string of the molecule is CC(O)C(=O)C(C)(O)C(=O)O.CCCCCCCCN=c1ccn(CCCCCCCCCCn2ccc(=NCCCCCCCC)cc2)cc1. The van der Waals surface area contributed by atoms with Crippen LogP contribution >= 0.6 is 0 Å². The number of rotatable bonds is 28. The van der Waals surface area contributed by atoms with E-state index in [1.54, 1.807) is 0 Å². The Balaban J connectivity index is 0.00000101. The molecule has 0 amide bonds. The quantitative estimate of drug-likeness (QED) is 0.0603. The summed E-state index contributed by atoms with van der Waals surface area (Å²) in [5, 5.41) is 28.1. The van der Waals surface area contributed by atoms with Gasteiger partial charge in [0.2, 0.25) is 11.4 Å². The highest BCUT2D eigenvalue weighted by Crippen LogP contribution is 2.11. The summed E-state index contributed by atoms with van der Waals surface area (Å²) in [6.07, 6.45) is 34.0. The monoisotopic (exact) mass is 713 g/mol. The number of carboxylic acid groups (broad SMARTS) is 1. The lowest BCUT2D eigenvalue weighted by Crippen LogP contribution is -2.48. The van der Waals surface area contributed by atoms with Crippen molar-refractivity contribution in [2.24, 2.45) is 9.98 Å². The number of carbonyl (C=O) groups is 2. The van der Waals surface area contributed by atoms with Crippen LogP contribution in [0.5, 0.6) is 0 Å². The minimum absolute atomic E-state index is 0.824. The first kappa shape index (κ1) is 46.0. The van der Waals surface area contributed by atoms with Crippen LogP contribution in [0.15, 0.2) is 59.0 Å². The fraction of sp³-hybridized carbons (Fsp3) is 0.714. The zero-order chi connectivity index (χ0) is 37.6. The molecule has 2 aromatic heterocycles. The van der Waals surface area contributed by atoms with E-state index in [9.17, 15) is 9.59 Å². The average molecular weight is 713 g/mol. The number of aliphatic carboxylic acids is 1. The van der Waals surface area contributed by atoms with Crippen LogP contribution in [0.25, 0.3) is 0 Å². The first-order chi connectivity index (χ1) is 24.6. The molecule has 0 aliphatic heterocycles. The maximum atomic E-state index is 10.7. The van der Waals surface area contributed by atoms with Crippen LogP contribution < -0.4 is 10.7 Å². The van der Waals surface area contributed by atoms with Crippen LogP contribution in [0.1, 0.15) is 156 Å². The molecular weight excluding hydrogens is 640 g/mol. The summed E-state index contributed by atoms with van der Waals surface area (Å²) in [5.41, 5.74) is -2.49. The lowest BCUT2D eigenvalue weighted by Gasteiger charge is -2.17. The summed E-state index contributed by atoms with van der Waals surface area (Å²) >= 11 is 0. The molecule has 0 aliphatic rings. The number of aliphatic hydroxyl groups excluding tert-OH is 1. The van der Waals surface area contributed by atoms with Crippen LogP contribution in [0.3, 0.4) is 0 Å². The Morgan fingerprint density at radius 2 is 0.922 bits per heavy atom. The fourth-order valence-electron chi connectivity index (χ4n) is 5.77. The summed E-state index contributed by atoms with van der Waals surface area (Å²) in [6.45, 7) is 10.7. The van der Waals surface area contributed by atoms with Crippen LogP contribution in [-0.2, 0) is 22.7 Å². The Hall–Kier alpha value is -3.04.